The first-order valence-corrected chi connectivity index (χ1v) is 11.3. The molecular weight excluding hydrogens is 414 g/mol. The fourth-order valence-electron chi connectivity index (χ4n) is 4.76. The van der Waals surface area contributed by atoms with Crippen LogP contribution < -0.4 is 5.32 Å². The fourth-order valence-corrected chi connectivity index (χ4v) is 4.95. The number of carbonyl (C=O) groups excluding carboxylic acids is 1. The van der Waals surface area contributed by atoms with Gasteiger partial charge in [0.05, 0.1) is 23.0 Å². The third-order valence-corrected chi connectivity index (χ3v) is 6.76. The van der Waals surface area contributed by atoms with Gasteiger partial charge >= 0.3 is 0 Å². The summed E-state index contributed by atoms with van der Waals surface area (Å²) in [4.78, 5) is 27.0. The van der Waals surface area contributed by atoms with E-state index in [1.54, 1.807) is 6.20 Å². The molecule has 2 fully saturated rings. The summed E-state index contributed by atoms with van der Waals surface area (Å²) in [5.74, 6) is 0.727. The van der Waals surface area contributed by atoms with E-state index in [0.29, 0.717) is 36.2 Å². The van der Waals surface area contributed by atoms with Crippen molar-refractivity contribution in [2.24, 2.45) is 5.92 Å². The number of aliphatic hydroxyl groups excluding tert-OH is 1. The zero-order valence-corrected chi connectivity index (χ0v) is 18.0. The van der Waals surface area contributed by atoms with Gasteiger partial charge in [-0.2, -0.15) is 0 Å². The van der Waals surface area contributed by atoms with E-state index in [-0.39, 0.29) is 24.0 Å². The number of halogens is 1. The van der Waals surface area contributed by atoms with Crippen LogP contribution in [0.25, 0.3) is 22.2 Å². The number of carbonyl (C=O) groups is 1. The number of piperidine rings is 1. The van der Waals surface area contributed by atoms with Gasteiger partial charge in [-0.05, 0) is 38.2 Å². The summed E-state index contributed by atoms with van der Waals surface area (Å²) in [7, 11) is 0. The molecule has 162 valence electrons. The van der Waals surface area contributed by atoms with Crippen LogP contribution >= 0.6 is 11.6 Å². The number of hydrogen-bond acceptors (Lipinski definition) is 5. The Labute approximate surface area is 185 Å². The molecule has 2 atom stereocenters. The Kier molecular flexibility index (Phi) is 5.54. The van der Waals surface area contributed by atoms with Gasteiger partial charge < -0.3 is 20.3 Å². The molecule has 1 amide bonds. The number of aromatic nitrogens is 3. The molecule has 1 saturated heterocycles. The SMILES string of the molecule is O=C(C1CCC(O)C1)N1CCC(Nc2ncc(Cl)c(-c3c[nH]c4ccccc34)n2)CC1. The number of fused-ring (bicyclic) bond motifs is 1. The molecule has 5 rings (SSSR count). The zero-order valence-electron chi connectivity index (χ0n) is 17.2. The quantitative estimate of drug-likeness (QED) is 0.574. The second-order valence-corrected chi connectivity index (χ2v) is 8.95. The van der Waals surface area contributed by atoms with Crippen molar-refractivity contribution in [1.82, 2.24) is 19.9 Å². The van der Waals surface area contributed by atoms with Crippen molar-refractivity contribution < 1.29 is 9.90 Å². The van der Waals surface area contributed by atoms with E-state index in [0.717, 1.165) is 42.1 Å². The molecule has 3 aromatic rings. The molecule has 1 saturated carbocycles. The number of amides is 1. The van der Waals surface area contributed by atoms with Crippen LogP contribution in [0.4, 0.5) is 5.95 Å². The van der Waals surface area contributed by atoms with Gasteiger partial charge in [0.1, 0.15) is 0 Å². The molecule has 0 spiro atoms. The van der Waals surface area contributed by atoms with Crippen LogP contribution in [0, 0.1) is 5.92 Å². The highest BCUT2D eigenvalue weighted by atomic mass is 35.5. The van der Waals surface area contributed by atoms with Gasteiger partial charge in [-0.25, -0.2) is 9.97 Å². The van der Waals surface area contributed by atoms with Gasteiger partial charge in [0.2, 0.25) is 11.9 Å². The number of benzene rings is 1. The molecule has 1 aliphatic carbocycles. The Hall–Kier alpha value is -2.64. The first-order valence-electron chi connectivity index (χ1n) is 10.9. The molecule has 3 N–H and O–H groups in total. The topological polar surface area (TPSA) is 94.1 Å². The number of H-pyrrole nitrogens is 1. The number of rotatable bonds is 4. The number of nitrogens with zero attached hydrogens (tertiary/aromatic N) is 3. The number of hydrogen-bond donors (Lipinski definition) is 3. The molecule has 1 aliphatic heterocycles. The van der Waals surface area contributed by atoms with Crippen LogP contribution in [0.3, 0.4) is 0 Å². The highest BCUT2D eigenvalue weighted by molar-refractivity contribution is 6.33. The molecule has 1 aromatic carbocycles. The van der Waals surface area contributed by atoms with Crippen LogP contribution in [-0.4, -0.2) is 56.1 Å². The predicted molar refractivity (Wildman–Crippen MR) is 121 cm³/mol. The molecule has 2 aliphatic rings. The maximum Gasteiger partial charge on any atom is 0.225 e. The van der Waals surface area contributed by atoms with Crippen molar-refractivity contribution >= 4 is 34.4 Å². The van der Waals surface area contributed by atoms with E-state index in [9.17, 15) is 9.90 Å². The summed E-state index contributed by atoms with van der Waals surface area (Å²) in [6.07, 6.45) is 7.07. The van der Waals surface area contributed by atoms with Crippen LogP contribution in [0.1, 0.15) is 32.1 Å². The van der Waals surface area contributed by atoms with Gasteiger partial charge in [-0.1, -0.05) is 29.8 Å². The molecule has 0 radical (unpaired) electrons. The summed E-state index contributed by atoms with van der Waals surface area (Å²) in [5, 5.41) is 14.7. The first-order chi connectivity index (χ1) is 15.1. The lowest BCUT2D eigenvalue weighted by molar-refractivity contribution is -0.136. The standard InChI is InChI=1S/C23H26ClN5O2/c24-19-13-26-23(28-21(19)18-12-25-20-4-2-1-3-17(18)20)27-15-7-9-29(10-8-15)22(31)14-5-6-16(30)11-14/h1-4,12-16,25,30H,5-11H2,(H,26,27,28). The number of likely N-dealkylation sites (tertiary alicyclic amines) is 1. The molecule has 7 nitrogen and oxygen atoms in total. The van der Waals surface area contributed by atoms with Gasteiger partial charge in [0, 0.05) is 47.7 Å². The Morgan fingerprint density at radius 2 is 2.00 bits per heavy atom. The number of nitrogens with one attached hydrogen (secondary N) is 2. The van der Waals surface area contributed by atoms with Gasteiger partial charge in [-0.3, -0.25) is 4.79 Å². The molecular formula is C23H26ClN5O2. The molecule has 8 heteroatoms. The number of anilines is 1. The Morgan fingerprint density at radius 3 is 2.77 bits per heavy atom. The summed E-state index contributed by atoms with van der Waals surface area (Å²) < 4.78 is 0. The highest BCUT2D eigenvalue weighted by Gasteiger charge is 2.33. The van der Waals surface area contributed by atoms with Crippen molar-refractivity contribution in [2.45, 2.75) is 44.2 Å². The second-order valence-electron chi connectivity index (χ2n) is 8.55. The van der Waals surface area contributed by atoms with Crippen LogP contribution in [0.15, 0.2) is 36.7 Å². The monoisotopic (exact) mass is 439 g/mol. The number of para-hydroxylation sites is 1. The summed E-state index contributed by atoms with van der Waals surface area (Å²) in [6.45, 7) is 1.43. The average molecular weight is 440 g/mol. The minimum atomic E-state index is -0.318. The maximum atomic E-state index is 12.7. The van der Waals surface area contributed by atoms with Gasteiger partial charge in [-0.15, -0.1) is 0 Å². The minimum absolute atomic E-state index is 0.0159. The van der Waals surface area contributed by atoms with Crippen molar-refractivity contribution in [3.8, 4) is 11.3 Å². The molecule has 31 heavy (non-hydrogen) atoms. The van der Waals surface area contributed by atoms with E-state index < -0.39 is 0 Å². The van der Waals surface area contributed by atoms with Crippen LogP contribution in [-0.2, 0) is 4.79 Å². The van der Waals surface area contributed by atoms with Crippen LogP contribution in [0.2, 0.25) is 5.02 Å². The largest absolute Gasteiger partial charge is 0.393 e. The van der Waals surface area contributed by atoms with E-state index in [4.69, 9.17) is 16.6 Å². The minimum Gasteiger partial charge on any atom is -0.393 e. The third kappa shape index (κ3) is 4.12. The zero-order chi connectivity index (χ0) is 21.4. The molecule has 2 aromatic heterocycles. The lowest BCUT2D eigenvalue weighted by Gasteiger charge is -2.34. The number of aliphatic hydroxyl groups is 1. The van der Waals surface area contributed by atoms with Crippen molar-refractivity contribution in [3.63, 3.8) is 0 Å². The summed E-state index contributed by atoms with van der Waals surface area (Å²) in [6, 6.07) is 8.26. The average Bonchev–Trinajstić information content (AvgIpc) is 3.41. The lowest BCUT2D eigenvalue weighted by atomic mass is 10.0. The van der Waals surface area contributed by atoms with Gasteiger partial charge in [0.25, 0.3) is 0 Å². The second kappa shape index (κ2) is 8.48. The number of aromatic amines is 1. The summed E-state index contributed by atoms with van der Waals surface area (Å²) >= 11 is 6.43. The van der Waals surface area contributed by atoms with E-state index in [1.165, 1.54) is 0 Å². The van der Waals surface area contributed by atoms with E-state index >= 15 is 0 Å². The predicted octanol–water partition coefficient (Wildman–Crippen LogP) is 3.84. The first kappa shape index (κ1) is 20.3. The van der Waals surface area contributed by atoms with Crippen molar-refractivity contribution in [1.29, 1.82) is 0 Å². The van der Waals surface area contributed by atoms with E-state index in [1.807, 2.05) is 35.4 Å². The molecule has 3 heterocycles. The Balaban J connectivity index is 1.25. The highest BCUT2D eigenvalue weighted by Crippen LogP contribution is 2.33. The lowest BCUT2D eigenvalue weighted by Crippen LogP contribution is -2.44. The van der Waals surface area contributed by atoms with Gasteiger partial charge in [0.15, 0.2) is 0 Å². The van der Waals surface area contributed by atoms with Crippen LogP contribution in [0.5, 0.6) is 0 Å². The summed E-state index contributed by atoms with van der Waals surface area (Å²) in [5.41, 5.74) is 2.68. The smallest absolute Gasteiger partial charge is 0.225 e. The maximum absolute atomic E-state index is 12.7. The van der Waals surface area contributed by atoms with E-state index in [2.05, 4.69) is 15.3 Å². The molecule has 2 unspecified atom stereocenters. The Bertz CT molecular complexity index is 1090. The third-order valence-electron chi connectivity index (χ3n) is 6.48. The fraction of sp³-hybridized carbons (Fsp3) is 0.435. The Morgan fingerprint density at radius 1 is 1.19 bits per heavy atom. The van der Waals surface area contributed by atoms with Crippen molar-refractivity contribution in [2.75, 3.05) is 18.4 Å². The normalized spacial score (nSPS) is 22.2. The molecule has 0 bridgehead atoms. The van der Waals surface area contributed by atoms with Crippen molar-refractivity contribution in [3.05, 3.63) is 41.7 Å².